The van der Waals surface area contributed by atoms with Crippen LogP contribution in [0.25, 0.3) is 0 Å². The number of hydrogen-bond acceptors (Lipinski definition) is 19. The molecule has 6 N–H and O–H groups in total. The predicted molar refractivity (Wildman–Crippen MR) is 444 cm³/mol. The molecule has 0 aromatic heterocycles. The van der Waals surface area contributed by atoms with Gasteiger partial charge in [0, 0.05) is 100 Å². The summed E-state index contributed by atoms with van der Waals surface area (Å²) in [6.45, 7) is 26.6. The summed E-state index contributed by atoms with van der Waals surface area (Å²) in [5.74, 6) is 1.37. The number of Topliss-reactive ketones (excluding diaryl/α,β-unsaturated/α-hetero) is 2. The normalized spacial score (nSPS) is 24.2. The topological polar surface area (TPSA) is 311 Å². The number of nitrogens with two attached hydrogens (primary N) is 1. The maximum Gasteiger partial charge on any atom is 0.302 e. The van der Waals surface area contributed by atoms with Gasteiger partial charge in [-0.2, -0.15) is 0 Å². The van der Waals surface area contributed by atoms with Crippen LogP contribution in [0.2, 0.25) is 0 Å². The van der Waals surface area contributed by atoms with Gasteiger partial charge < -0.3 is 69.6 Å². The zero-order valence-corrected chi connectivity index (χ0v) is 73.1. The summed E-state index contributed by atoms with van der Waals surface area (Å²) in [5.41, 5.74) is 5.84. The number of carbonyl (C=O) groups excluding carboxylic acids is 9. The Bertz CT molecular complexity index is 2320. The zero-order valence-electron chi connectivity index (χ0n) is 73.1. The van der Waals surface area contributed by atoms with Gasteiger partial charge in [0.2, 0.25) is 23.6 Å². The van der Waals surface area contributed by atoms with Gasteiger partial charge in [0.25, 0.3) is 0 Å². The smallest absolute Gasteiger partial charge is 0.302 e. The maximum absolute atomic E-state index is 12.9. The van der Waals surface area contributed by atoms with Crippen LogP contribution in [0, 0.1) is 53.3 Å². The first-order valence-electron chi connectivity index (χ1n) is 45.1. The van der Waals surface area contributed by atoms with E-state index in [-0.39, 0.29) is 171 Å². The molecule has 0 saturated heterocycles. The molecule has 15 unspecified atom stereocenters. The Morgan fingerprint density at radius 1 is 0.310 bits per heavy atom. The molecule has 3 rings (SSSR count). The molecule has 656 valence electrons. The van der Waals surface area contributed by atoms with Gasteiger partial charge in [-0.05, 0) is 111 Å². The van der Waals surface area contributed by atoms with Crippen molar-refractivity contribution in [1.82, 2.24) is 21.3 Å². The van der Waals surface area contributed by atoms with E-state index in [0.717, 1.165) is 135 Å². The lowest BCUT2D eigenvalue weighted by Crippen LogP contribution is -2.55. The lowest BCUT2D eigenvalue weighted by atomic mass is 9.70. The molecule has 0 aromatic carbocycles. The van der Waals surface area contributed by atoms with Crippen LogP contribution >= 0.6 is 0 Å². The standard InChI is InChI=1S/C90H163N5O18/c1-66-69(4)87(93-72(7)96)83(57-78(66)60-111-75(10)99)108-51-42-36-30-24-18-13-15-21-27-33-39-45-81(102)47-54-105-63-90(91,64-106-55-48-82(103)46-40-34-28-22-16-14-19-25-31-37-43-52-109-84-58-79(61-112-76(11)100)67(2)70(5)88(84)94-73(8)97)65-107-56-49-86(104)92-50-41-35-29-23-17-20-26-32-38-44-53-110-85-59-80(62-113-77(12)101)68(3)71(6)89(85)95-74(9)98/h66-71,78-80,83-85,87-89H,13-65,91H2,1-12H3,(H,92,104)(H,93,96)(H,94,97)(H,95,98). The van der Waals surface area contributed by atoms with Crippen molar-refractivity contribution in [2.75, 3.05) is 85.8 Å². The molecule has 3 aliphatic carbocycles. The number of esters is 3. The van der Waals surface area contributed by atoms with E-state index in [1.807, 2.05) is 0 Å². The van der Waals surface area contributed by atoms with Gasteiger partial charge in [0.1, 0.15) is 11.6 Å². The number of hydrogen-bond donors (Lipinski definition) is 5. The fourth-order valence-electron chi connectivity index (χ4n) is 16.9. The van der Waals surface area contributed by atoms with Crippen LogP contribution in [0.5, 0.6) is 0 Å². The molecule has 0 spiro atoms. The Balaban J connectivity index is 1.29. The van der Waals surface area contributed by atoms with Crippen molar-refractivity contribution in [3.8, 4) is 0 Å². The molecule has 23 nitrogen and oxygen atoms in total. The highest BCUT2D eigenvalue weighted by Gasteiger charge is 2.45. The minimum atomic E-state index is -1.05. The molecule has 113 heavy (non-hydrogen) atoms. The van der Waals surface area contributed by atoms with Gasteiger partial charge in [-0.25, -0.2) is 0 Å². The Hall–Kier alpha value is -4.65. The van der Waals surface area contributed by atoms with Crippen LogP contribution in [0.15, 0.2) is 0 Å². The zero-order chi connectivity index (χ0) is 83.0. The van der Waals surface area contributed by atoms with E-state index in [2.05, 4.69) is 62.8 Å². The molecule has 0 bridgehead atoms. The summed E-state index contributed by atoms with van der Waals surface area (Å²) >= 11 is 0. The van der Waals surface area contributed by atoms with Crippen LogP contribution in [0.1, 0.15) is 340 Å². The number of rotatable bonds is 68. The number of ether oxygens (including phenoxy) is 9. The number of unbranched alkanes of at least 4 members (excludes halogenated alkanes) is 29. The van der Waals surface area contributed by atoms with Gasteiger partial charge in [0.05, 0.1) is 101 Å². The van der Waals surface area contributed by atoms with Gasteiger partial charge >= 0.3 is 17.9 Å². The second-order valence-electron chi connectivity index (χ2n) is 34.5. The van der Waals surface area contributed by atoms with E-state index in [1.54, 1.807) is 20.8 Å². The highest BCUT2D eigenvalue weighted by molar-refractivity contribution is 5.79. The third-order valence-electron chi connectivity index (χ3n) is 24.6. The van der Waals surface area contributed by atoms with Crippen LogP contribution < -0.4 is 27.0 Å². The minimum Gasteiger partial charge on any atom is -0.466 e. The number of ketones is 2. The van der Waals surface area contributed by atoms with Crippen molar-refractivity contribution in [1.29, 1.82) is 0 Å². The molecule has 0 heterocycles. The highest BCUT2D eigenvalue weighted by Crippen LogP contribution is 2.40. The fraction of sp³-hybridized carbons (Fsp3) is 0.900. The summed E-state index contributed by atoms with van der Waals surface area (Å²) in [7, 11) is 0. The van der Waals surface area contributed by atoms with Crippen molar-refractivity contribution >= 4 is 53.1 Å². The molecule has 0 aromatic rings. The van der Waals surface area contributed by atoms with Crippen molar-refractivity contribution < 1.29 is 85.8 Å². The third-order valence-corrected chi connectivity index (χ3v) is 24.6. The van der Waals surface area contributed by atoms with E-state index in [9.17, 15) is 43.2 Å². The summed E-state index contributed by atoms with van der Waals surface area (Å²) in [6.07, 6.45) is 39.3. The average Bonchev–Trinajstić information content (AvgIpc) is 0.818. The lowest BCUT2D eigenvalue weighted by molar-refractivity contribution is -0.146. The quantitative estimate of drug-likeness (QED) is 0.0215. The van der Waals surface area contributed by atoms with Gasteiger partial charge in [-0.3, -0.25) is 43.2 Å². The molecule has 0 aliphatic heterocycles. The molecular formula is C90H163N5O18. The summed E-state index contributed by atoms with van der Waals surface area (Å²) < 4.78 is 53.4. The Morgan fingerprint density at radius 2 is 0.558 bits per heavy atom. The van der Waals surface area contributed by atoms with E-state index in [1.165, 1.54) is 111 Å². The molecule has 3 aliphatic rings. The maximum atomic E-state index is 12.9. The van der Waals surface area contributed by atoms with E-state index in [0.29, 0.717) is 89.6 Å². The van der Waals surface area contributed by atoms with Crippen molar-refractivity contribution in [3.05, 3.63) is 0 Å². The van der Waals surface area contributed by atoms with Gasteiger partial charge in [-0.1, -0.05) is 208 Å². The van der Waals surface area contributed by atoms with Crippen molar-refractivity contribution in [3.63, 3.8) is 0 Å². The van der Waals surface area contributed by atoms with E-state index in [4.69, 9.17) is 48.4 Å². The number of amides is 4. The number of nitrogens with one attached hydrogen (secondary N) is 4. The summed E-state index contributed by atoms with van der Waals surface area (Å²) in [6, 6.07) is -0.169. The predicted octanol–water partition coefficient (Wildman–Crippen LogP) is 15.7. The Morgan fingerprint density at radius 3 is 0.823 bits per heavy atom. The summed E-state index contributed by atoms with van der Waals surface area (Å²) in [4.78, 5) is 109. The lowest BCUT2D eigenvalue weighted by Gasteiger charge is -2.44. The second-order valence-corrected chi connectivity index (χ2v) is 34.5. The first-order valence-corrected chi connectivity index (χ1v) is 45.1. The molecule has 3 fully saturated rings. The molecule has 4 amide bonds. The number of carbonyl (C=O) groups is 9. The first kappa shape index (κ1) is 103. The summed E-state index contributed by atoms with van der Waals surface area (Å²) in [5, 5.41) is 12.4. The first-order chi connectivity index (χ1) is 54.2. The molecule has 23 heteroatoms. The monoisotopic (exact) mass is 1600 g/mol. The fourth-order valence-corrected chi connectivity index (χ4v) is 16.9. The van der Waals surface area contributed by atoms with Crippen LogP contribution in [-0.2, 0) is 85.8 Å². The largest absolute Gasteiger partial charge is 0.466 e. The van der Waals surface area contributed by atoms with Crippen LogP contribution in [0.4, 0.5) is 0 Å². The van der Waals surface area contributed by atoms with Gasteiger partial charge in [0.15, 0.2) is 0 Å². The van der Waals surface area contributed by atoms with Crippen LogP contribution in [-0.4, -0.2) is 181 Å². The van der Waals surface area contributed by atoms with Gasteiger partial charge in [-0.15, -0.1) is 0 Å². The SMILES string of the molecule is CC(=O)NC1C(OCCCCCCCCCCCCCC(=O)CCOCC(N)(COCCC(=O)CCCCCCCCCCCCCOC2CC(COC(C)=O)C(C)C(C)C2NC(C)=O)COCCC(=O)NCCCCCCCCCCCCOC2CC(COC(C)=O)C(C)C(C)C2NC(C)=O)CC(COC(C)=O)C(C)C1C. The van der Waals surface area contributed by atoms with E-state index >= 15 is 0 Å². The minimum absolute atomic E-state index is 0.0520. The Kier molecular flexibility index (Phi) is 56.7. The van der Waals surface area contributed by atoms with Crippen molar-refractivity contribution in [2.24, 2.45) is 59.0 Å². The highest BCUT2D eigenvalue weighted by atomic mass is 16.5. The van der Waals surface area contributed by atoms with E-state index < -0.39 is 5.54 Å². The molecular weight excluding hydrogens is 1440 g/mol. The van der Waals surface area contributed by atoms with Crippen molar-refractivity contribution in [2.45, 2.75) is 382 Å². The second kappa shape index (κ2) is 62.5. The van der Waals surface area contributed by atoms with Crippen LogP contribution in [0.3, 0.4) is 0 Å². The molecule has 0 radical (unpaired) electrons. The molecule has 3 saturated carbocycles. The molecule has 15 atom stereocenters. The average molecular weight is 1600 g/mol. The Labute approximate surface area is 683 Å². The third kappa shape index (κ3) is 48.1.